The fraction of sp³-hybridized carbons (Fsp3) is 0.0556. The molecule has 0 N–H and O–H groups in total. The van der Waals surface area contributed by atoms with E-state index >= 15 is 0 Å². The Morgan fingerprint density at radius 2 is 1.91 bits per heavy atom. The first-order valence-electron chi connectivity index (χ1n) is 7.03. The largest absolute Gasteiger partial charge is 0.270 e. The first-order valence-corrected chi connectivity index (χ1v) is 7.41. The van der Waals surface area contributed by atoms with Gasteiger partial charge in [0.25, 0.3) is 5.69 Å². The van der Waals surface area contributed by atoms with Crippen LogP contribution < -0.4 is 0 Å². The summed E-state index contributed by atoms with van der Waals surface area (Å²) < 4.78 is 0. The van der Waals surface area contributed by atoms with Gasteiger partial charge in [0.05, 0.1) is 10.4 Å². The molecule has 2 aromatic carbocycles. The van der Waals surface area contributed by atoms with Gasteiger partial charge in [0, 0.05) is 17.5 Å². The molecule has 3 aromatic rings. The Morgan fingerprint density at radius 3 is 2.70 bits per heavy atom. The maximum absolute atomic E-state index is 10.8. The van der Waals surface area contributed by atoms with E-state index in [9.17, 15) is 10.1 Å². The van der Waals surface area contributed by atoms with E-state index < -0.39 is 4.92 Å². The van der Waals surface area contributed by atoms with Gasteiger partial charge < -0.3 is 0 Å². The van der Waals surface area contributed by atoms with Crippen LogP contribution in [0.4, 0.5) is 5.69 Å². The number of para-hydroxylation sites is 1. The number of aromatic nitrogens is 1. The van der Waals surface area contributed by atoms with Crippen molar-refractivity contribution >= 4 is 40.3 Å². The summed E-state index contributed by atoms with van der Waals surface area (Å²) in [5.41, 5.74) is 3.66. The topological polar surface area (TPSA) is 56.0 Å². The normalized spacial score (nSPS) is 11.2. The van der Waals surface area contributed by atoms with Gasteiger partial charge >= 0.3 is 0 Å². The SMILES string of the molecule is Cc1cccc2c(C=Cc3cccc([N+](=O)[O-])c3)cc(Cl)nc12. The minimum Gasteiger partial charge on any atom is -0.258 e. The molecule has 0 saturated heterocycles. The van der Waals surface area contributed by atoms with Crippen molar-refractivity contribution < 1.29 is 4.92 Å². The van der Waals surface area contributed by atoms with Crippen LogP contribution in [0.25, 0.3) is 23.1 Å². The molecule has 1 heterocycles. The summed E-state index contributed by atoms with van der Waals surface area (Å²) in [6.45, 7) is 1.99. The number of nitro groups is 1. The fourth-order valence-corrected chi connectivity index (χ4v) is 2.65. The van der Waals surface area contributed by atoms with Crippen LogP contribution in [0.2, 0.25) is 5.15 Å². The van der Waals surface area contributed by atoms with Crippen LogP contribution in [0.1, 0.15) is 16.7 Å². The van der Waals surface area contributed by atoms with E-state index in [1.807, 2.05) is 43.3 Å². The Labute approximate surface area is 138 Å². The highest BCUT2D eigenvalue weighted by Crippen LogP contribution is 2.25. The lowest BCUT2D eigenvalue weighted by Gasteiger charge is -2.05. The third kappa shape index (κ3) is 3.22. The number of non-ortho nitro benzene ring substituents is 1. The zero-order chi connectivity index (χ0) is 16.4. The number of aryl methyl sites for hydroxylation is 1. The number of nitrogens with zero attached hydrogens (tertiary/aromatic N) is 2. The van der Waals surface area contributed by atoms with Gasteiger partial charge in [-0.25, -0.2) is 4.98 Å². The number of benzene rings is 2. The van der Waals surface area contributed by atoms with E-state index in [1.54, 1.807) is 12.1 Å². The average molecular weight is 325 g/mol. The zero-order valence-corrected chi connectivity index (χ0v) is 13.1. The van der Waals surface area contributed by atoms with Crippen LogP contribution in [0.5, 0.6) is 0 Å². The standard InChI is InChI=1S/C18H13ClN2O2/c1-12-4-2-7-16-14(11-17(19)20-18(12)16)9-8-13-5-3-6-15(10-13)21(22)23/h2-11H,1H3. The summed E-state index contributed by atoms with van der Waals surface area (Å²) in [6.07, 6.45) is 3.73. The second-order valence-electron chi connectivity index (χ2n) is 5.19. The molecule has 0 atom stereocenters. The van der Waals surface area contributed by atoms with Gasteiger partial charge in [0.1, 0.15) is 5.15 Å². The van der Waals surface area contributed by atoms with Crippen LogP contribution in [0.15, 0.2) is 48.5 Å². The van der Waals surface area contributed by atoms with E-state index in [-0.39, 0.29) is 5.69 Å². The lowest BCUT2D eigenvalue weighted by Crippen LogP contribution is -1.88. The number of rotatable bonds is 3. The molecule has 114 valence electrons. The Kier molecular flexibility index (Phi) is 4.08. The number of pyridine rings is 1. The van der Waals surface area contributed by atoms with Gasteiger partial charge in [-0.1, -0.05) is 54.1 Å². The zero-order valence-electron chi connectivity index (χ0n) is 12.4. The number of hydrogen-bond acceptors (Lipinski definition) is 3. The molecule has 0 aliphatic rings. The molecule has 0 saturated carbocycles. The van der Waals surface area contributed by atoms with Gasteiger partial charge in [-0.05, 0) is 29.7 Å². The average Bonchev–Trinajstić information content (AvgIpc) is 2.54. The van der Waals surface area contributed by atoms with Gasteiger partial charge in [-0.3, -0.25) is 10.1 Å². The fourth-order valence-electron chi connectivity index (χ4n) is 2.45. The van der Waals surface area contributed by atoms with Crippen LogP contribution in [-0.4, -0.2) is 9.91 Å². The monoisotopic (exact) mass is 324 g/mol. The van der Waals surface area contributed by atoms with Crippen LogP contribution in [0.3, 0.4) is 0 Å². The third-order valence-electron chi connectivity index (χ3n) is 3.58. The van der Waals surface area contributed by atoms with E-state index in [1.165, 1.54) is 12.1 Å². The van der Waals surface area contributed by atoms with Crippen molar-refractivity contribution in [1.29, 1.82) is 0 Å². The molecule has 5 heteroatoms. The van der Waals surface area contributed by atoms with Crippen molar-refractivity contribution in [2.75, 3.05) is 0 Å². The summed E-state index contributed by atoms with van der Waals surface area (Å²) >= 11 is 6.11. The van der Waals surface area contributed by atoms with E-state index in [2.05, 4.69) is 4.98 Å². The smallest absolute Gasteiger partial charge is 0.258 e. The minimum atomic E-state index is -0.403. The highest BCUT2D eigenvalue weighted by atomic mass is 35.5. The first-order chi connectivity index (χ1) is 11.0. The molecule has 0 aliphatic carbocycles. The number of hydrogen-bond donors (Lipinski definition) is 0. The number of fused-ring (bicyclic) bond motifs is 1. The van der Waals surface area contributed by atoms with Gasteiger partial charge in [-0.15, -0.1) is 0 Å². The summed E-state index contributed by atoms with van der Waals surface area (Å²) in [5.74, 6) is 0. The molecule has 1 aromatic heterocycles. The molecule has 0 unspecified atom stereocenters. The Balaban J connectivity index is 2.06. The van der Waals surface area contributed by atoms with E-state index in [4.69, 9.17) is 11.6 Å². The van der Waals surface area contributed by atoms with Crippen molar-refractivity contribution in [1.82, 2.24) is 4.98 Å². The first kappa shape index (κ1) is 15.2. The van der Waals surface area contributed by atoms with Crippen molar-refractivity contribution in [3.8, 4) is 0 Å². The molecule has 4 nitrogen and oxygen atoms in total. The molecule has 0 amide bonds. The van der Waals surface area contributed by atoms with E-state index in [0.717, 1.165) is 27.6 Å². The minimum absolute atomic E-state index is 0.0700. The number of nitro benzene ring substituents is 1. The van der Waals surface area contributed by atoms with Crippen LogP contribution >= 0.6 is 11.6 Å². The summed E-state index contributed by atoms with van der Waals surface area (Å²) in [5, 5.41) is 12.3. The molecule has 0 spiro atoms. The Bertz CT molecular complexity index is 935. The molecular formula is C18H13ClN2O2. The molecule has 0 fully saturated rings. The van der Waals surface area contributed by atoms with Gasteiger partial charge in [0.15, 0.2) is 0 Å². The Morgan fingerprint density at radius 1 is 1.13 bits per heavy atom. The molecule has 0 aliphatic heterocycles. The molecular weight excluding hydrogens is 312 g/mol. The van der Waals surface area contributed by atoms with E-state index in [0.29, 0.717) is 5.15 Å². The van der Waals surface area contributed by atoms with Crippen LogP contribution in [-0.2, 0) is 0 Å². The van der Waals surface area contributed by atoms with Crippen molar-refractivity contribution in [3.63, 3.8) is 0 Å². The van der Waals surface area contributed by atoms with Crippen molar-refractivity contribution in [3.05, 3.63) is 80.5 Å². The van der Waals surface area contributed by atoms with Crippen molar-refractivity contribution in [2.24, 2.45) is 0 Å². The lowest BCUT2D eigenvalue weighted by atomic mass is 10.0. The molecule has 3 rings (SSSR count). The second-order valence-corrected chi connectivity index (χ2v) is 5.58. The molecule has 0 radical (unpaired) electrons. The van der Waals surface area contributed by atoms with Crippen molar-refractivity contribution in [2.45, 2.75) is 6.92 Å². The predicted molar refractivity (Wildman–Crippen MR) is 93.5 cm³/mol. The maximum Gasteiger partial charge on any atom is 0.270 e. The second kappa shape index (κ2) is 6.18. The van der Waals surface area contributed by atoms with Gasteiger partial charge in [0.2, 0.25) is 0 Å². The lowest BCUT2D eigenvalue weighted by molar-refractivity contribution is -0.384. The summed E-state index contributed by atoms with van der Waals surface area (Å²) in [6, 6.07) is 14.2. The maximum atomic E-state index is 10.8. The highest BCUT2D eigenvalue weighted by Gasteiger charge is 2.06. The summed E-state index contributed by atoms with van der Waals surface area (Å²) in [4.78, 5) is 14.8. The summed E-state index contributed by atoms with van der Waals surface area (Å²) in [7, 11) is 0. The molecule has 0 bridgehead atoms. The van der Waals surface area contributed by atoms with Gasteiger partial charge in [-0.2, -0.15) is 0 Å². The predicted octanol–water partition coefficient (Wildman–Crippen LogP) is 5.28. The highest BCUT2D eigenvalue weighted by molar-refractivity contribution is 6.30. The third-order valence-corrected chi connectivity index (χ3v) is 3.77. The Hall–Kier alpha value is -2.72. The quantitative estimate of drug-likeness (QED) is 0.374. The number of halogens is 1. The van der Waals surface area contributed by atoms with Crippen LogP contribution in [0, 0.1) is 17.0 Å². The molecule has 23 heavy (non-hydrogen) atoms.